The molecule has 0 aliphatic heterocycles. The van der Waals surface area contributed by atoms with Gasteiger partial charge in [-0.1, -0.05) is 180 Å². The molecule has 10 aromatic rings. The second-order valence-corrected chi connectivity index (χ2v) is 23.3. The maximum absolute atomic E-state index is 7.90. The highest BCUT2D eigenvalue weighted by atomic mass is 15.1. The highest BCUT2D eigenvalue weighted by molar-refractivity contribution is 6.10. The largest absolute Gasteiger partial charge is 0.309 e. The summed E-state index contributed by atoms with van der Waals surface area (Å²) >= 11 is 0. The van der Waals surface area contributed by atoms with Crippen molar-refractivity contribution < 1.29 is 0 Å². The molecule has 0 amide bonds. The van der Waals surface area contributed by atoms with Crippen LogP contribution in [-0.4, -0.2) is 34.5 Å². The number of hydrogen-bond donors (Lipinski definition) is 0. The van der Waals surface area contributed by atoms with E-state index in [2.05, 4.69) is 165 Å². The summed E-state index contributed by atoms with van der Waals surface area (Å²) in [7, 11) is 0. The Morgan fingerprint density at radius 1 is 0.342 bits per heavy atom. The van der Waals surface area contributed by atoms with Crippen molar-refractivity contribution in [2.45, 2.75) is 105 Å². The molecule has 3 aromatic heterocycles. The van der Waals surface area contributed by atoms with Crippen molar-refractivity contribution in [1.29, 1.82) is 0 Å². The first kappa shape index (κ1) is 48.5. The standard InChI is InChI=1S/C65H62N8/c1-62(2,3)45-32-43(33-46(37-45)63(4,5)6)59-68-58(69-60(70-59)44-34-47(64(7,8)9)38-48(35-44)65(10,11)12)42-28-30-55(73-53-27-21-20-26-50(53)51-39-49(66-13)29-31-54(51)73)52(36-42)61-71-56(40-22-16-14-17-23-40)67-57(72-61)41-24-18-15-19-25-41/h14-39H,1-12H3. The molecule has 0 spiro atoms. The van der Waals surface area contributed by atoms with Crippen LogP contribution in [0, 0.1) is 6.57 Å². The molecule has 10 rings (SSSR count). The van der Waals surface area contributed by atoms with Crippen LogP contribution in [0.5, 0.6) is 0 Å². The van der Waals surface area contributed by atoms with Gasteiger partial charge in [0, 0.05) is 38.8 Å². The Morgan fingerprint density at radius 2 is 0.740 bits per heavy atom. The number of nitrogens with zero attached hydrogens (tertiary/aromatic N) is 8. The predicted molar refractivity (Wildman–Crippen MR) is 301 cm³/mol. The van der Waals surface area contributed by atoms with Gasteiger partial charge in [-0.25, -0.2) is 34.7 Å². The quantitative estimate of drug-likeness (QED) is 0.148. The summed E-state index contributed by atoms with van der Waals surface area (Å²) in [5.74, 6) is 3.30. The van der Waals surface area contributed by atoms with Crippen molar-refractivity contribution in [3.63, 3.8) is 0 Å². The van der Waals surface area contributed by atoms with Gasteiger partial charge in [0.15, 0.2) is 40.6 Å². The summed E-state index contributed by atoms with van der Waals surface area (Å²) in [4.78, 5) is 35.9. The molecule has 0 unspecified atom stereocenters. The SMILES string of the molecule is [C-]#[N+]c1ccc2c(c1)c1ccccc1n2-c1ccc(-c2nc(-c3cc(C(C)(C)C)cc(C(C)(C)C)c3)nc(-c3cc(C(C)(C)C)cc(C(C)(C)C)c3)n2)cc1-c1nc(-c2ccccc2)nc(-c2ccccc2)n1. The Labute approximate surface area is 430 Å². The van der Waals surface area contributed by atoms with Crippen molar-refractivity contribution in [3.05, 3.63) is 191 Å². The second kappa shape index (κ2) is 18.2. The lowest BCUT2D eigenvalue weighted by Crippen LogP contribution is -2.17. The number of aromatic nitrogens is 7. The normalized spacial score (nSPS) is 12.4. The molecule has 8 heteroatoms. The average Bonchev–Trinajstić information content (AvgIpc) is 3.70. The summed E-state index contributed by atoms with van der Waals surface area (Å²) in [6.45, 7) is 35.0. The maximum atomic E-state index is 7.90. The number of para-hydroxylation sites is 1. The zero-order valence-electron chi connectivity index (χ0n) is 44.1. The van der Waals surface area contributed by atoms with Gasteiger partial charge < -0.3 is 4.57 Å². The van der Waals surface area contributed by atoms with Crippen LogP contribution < -0.4 is 0 Å². The first-order valence-electron chi connectivity index (χ1n) is 25.1. The monoisotopic (exact) mass is 955 g/mol. The second-order valence-electron chi connectivity index (χ2n) is 23.3. The maximum Gasteiger partial charge on any atom is 0.188 e. The predicted octanol–water partition coefficient (Wildman–Crippen LogP) is 16.9. The van der Waals surface area contributed by atoms with Crippen LogP contribution in [-0.2, 0) is 21.7 Å². The molecule has 0 aliphatic carbocycles. The van der Waals surface area contributed by atoms with Crippen LogP contribution in [0.15, 0.2) is 158 Å². The van der Waals surface area contributed by atoms with E-state index >= 15 is 0 Å². The van der Waals surface area contributed by atoms with Gasteiger partial charge in [0.2, 0.25) is 0 Å². The van der Waals surface area contributed by atoms with Crippen LogP contribution in [0.4, 0.5) is 5.69 Å². The molecule has 0 radical (unpaired) electrons. The molecule has 0 fully saturated rings. The van der Waals surface area contributed by atoms with Crippen LogP contribution in [0.1, 0.15) is 105 Å². The fourth-order valence-electron chi connectivity index (χ4n) is 9.28. The third-order valence-corrected chi connectivity index (χ3v) is 13.7. The van der Waals surface area contributed by atoms with E-state index in [0.29, 0.717) is 40.6 Å². The molecule has 0 atom stereocenters. The first-order valence-corrected chi connectivity index (χ1v) is 25.1. The number of rotatable bonds is 7. The van der Waals surface area contributed by atoms with E-state index in [1.54, 1.807) is 0 Å². The van der Waals surface area contributed by atoms with Gasteiger partial charge in [0.25, 0.3) is 0 Å². The first-order chi connectivity index (χ1) is 34.6. The Hall–Kier alpha value is -8.15. The van der Waals surface area contributed by atoms with E-state index in [-0.39, 0.29) is 21.7 Å². The molecule has 0 bridgehead atoms. The smallest absolute Gasteiger partial charge is 0.188 e. The topological polar surface area (TPSA) is 86.6 Å². The van der Waals surface area contributed by atoms with E-state index in [9.17, 15) is 0 Å². The third kappa shape index (κ3) is 9.68. The molecule has 0 saturated heterocycles. The summed E-state index contributed by atoms with van der Waals surface area (Å²) in [5, 5.41) is 2.02. The summed E-state index contributed by atoms with van der Waals surface area (Å²) in [6, 6.07) is 54.4. The summed E-state index contributed by atoms with van der Waals surface area (Å²) in [5.41, 5.74) is 12.8. The third-order valence-electron chi connectivity index (χ3n) is 13.7. The van der Waals surface area contributed by atoms with E-state index < -0.39 is 0 Å². The van der Waals surface area contributed by atoms with Crippen molar-refractivity contribution >= 4 is 27.5 Å². The van der Waals surface area contributed by atoms with Gasteiger partial charge >= 0.3 is 0 Å². The average molecular weight is 955 g/mol. The molecule has 7 aromatic carbocycles. The number of hydrogen-bond acceptors (Lipinski definition) is 6. The fraction of sp³-hybridized carbons (Fsp3) is 0.246. The van der Waals surface area contributed by atoms with Gasteiger partial charge in [-0.3, -0.25) is 0 Å². The minimum absolute atomic E-state index is 0.131. The molecule has 3 heterocycles. The minimum atomic E-state index is -0.131. The summed E-state index contributed by atoms with van der Waals surface area (Å²) in [6.07, 6.45) is 0. The molecule has 73 heavy (non-hydrogen) atoms. The zero-order valence-corrected chi connectivity index (χ0v) is 44.1. The Bertz CT molecular complexity index is 3560. The lowest BCUT2D eigenvalue weighted by atomic mass is 9.79. The Kier molecular flexibility index (Phi) is 12.1. The molecule has 0 aliphatic rings. The lowest BCUT2D eigenvalue weighted by molar-refractivity contribution is 0.568. The van der Waals surface area contributed by atoms with Crippen LogP contribution in [0.2, 0.25) is 0 Å². The molecule has 8 nitrogen and oxygen atoms in total. The Morgan fingerprint density at radius 3 is 1.19 bits per heavy atom. The van der Waals surface area contributed by atoms with Gasteiger partial charge in [0.1, 0.15) is 0 Å². The molecule has 0 N–H and O–H groups in total. The van der Waals surface area contributed by atoms with Crippen LogP contribution in [0.25, 0.3) is 101 Å². The number of benzene rings is 7. The highest BCUT2D eigenvalue weighted by Crippen LogP contribution is 2.41. The van der Waals surface area contributed by atoms with E-state index in [4.69, 9.17) is 36.5 Å². The fourth-order valence-corrected chi connectivity index (χ4v) is 9.28. The van der Waals surface area contributed by atoms with E-state index in [0.717, 1.165) is 60.9 Å². The molecule has 362 valence electrons. The molecule has 0 saturated carbocycles. The minimum Gasteiger partial charge on any atom is -0.309 e. The van der Waals surface area contributed by atoms with Crippen molar-refractivity contribution in [1.82, 2.24) is 34.5 Å². The van der Waals surface area contributed by atoms with Gasteiger partial charge in [-0.15, -0.1) is 0 Å². The van der Waals surface area contributed by atoms with Gasteiger partial charge in [-0.2, -0.15) is 0 Å². The van der Waals surface area contributed by atoms with Gasteiger partial charge in [0.05, 0.1) is 23.3 Å². The number of fused-ring (bicyclic) bond motifs is 3. The van der Waals surface area contributed by atoms with E-state index in [1.807, 2.05) is 84.9 Å². The lowest BCUT2D eigenvalue weighted by Gasteiger charge is -2.26. The molecular weight excluding hydrogens is 893 g/mol. The molecular formula is C65H62N8. The summed E-state index contributed by atoms with van der Waals surface area (Å²) < 4.78 is 2.26. The van der Waals surface area contributed by atoms with Crippen LogP contribution in [0.3, 0.4) is 0 Å². The van der Waals surface area contributed by atoms with Crippen molar-refractivity contribution in [3.8, 4) is 74.0 Å². The highest BCUT2D eigenvalue weighted by Gasteiger charge is 2.27. The Balaban J connectivity index is 1.30. The van der Waals surface area contributed by atoms with E-state index in [1.165, 1.54) is 22.3 Å². The zero-order chi connectivity index (χ0) is 51.6. The van der Waals surface area contributed by atoms with Gasteiger partial charge in [-0.05, 0) is 110 Å². The van der Waals surface area contributed by atoms with Crippen LogP contribution >= 0.6 is 0 Å². The van der Waals surface area contributed by atoms with Crippen molar-refractivity contribution in [2.75, 3.05) is 0 Å². The van der Waals surface area contributed by atoms with Crippen molar-refractivity contribution in [2.24, 2.45) is 0 Å².